The molecule has 2 aromatic rings. The highest BCUT2D eigenvalue weighted by Gasteiger charge is 2.26. The summed E-state index contributed by atoms with van der Waals surface area (Å²) in [6.07, 6.45) is 1.10. The van der Waals surface area contributed by atoms with E-state index < -0.39 is 6.10 Å². The minimum Gasteiger partial charge on any atom is -0.391 e. The van der Waals surface area contributed by atoms with Gasteiger partial charge in [0.05, 0.1) is 17.5 Å². The van der Waals surface area contributed by atoms with Gasteiger partial charge in [0.1, 0.15) is 0 Å². The lowest BCUT2D eigenvalue weighted by atomic mass is 10.1. The quantitative estimate of drug-likeness (QED) is 0.717. The van der Waals surface area contributed by atoms with Crippen molar-refractivity contribution in [2.24, 2.45) is 5.92 Å². The van der Waals surface area contributed by atoms with Gasteiger partial charge in [0.2, 0.25) is 0 Å². The first-order valence-corrected chi connectivity index (χ1v) is 8.85. The average Bonchev–Trinajstić information content (AvgIpc) is 3.19. The number of benzene rings is 1. The molecule has 134 valence electrons. The number of amides is 1. The van der Waals surface area contributed by atoms with Crippen molar-refractivity contribution in [3.05, 3.63) is 40.7 Å². The third-order valence-corrected chi connectivity index (χ3v) is 4.58. The van der Waals surface area contributed by atoms with Crippen molar-refractivity contribution in [3.63, 3.8) is 0 Å². The van der Waals surface area contributed by atoms with E-state index in [-0.39, 0.29) is 11.8 Å². The Bertz CT molecular complexity index is 748. The third-order valence-electron chi connectivity index (χ3n) is 4.35. The van der Waals surface area contributed by atoms with E-state index in [1.165, 1.54) is 0 Å². The zero-order valence-corrected chi connectivity index (χ0v) is 14.8. The van der Waals surface area contributed by atoms with Gasteiger partial charge < -0.3 is 15.7 Å². The van der Waals surface area contributed by atoms with Crippen LogP contribution in [0.25, 0.3) is 5.69 Å². The van der Waals surface area contributed by atoms with Crippen LogP contribution < -0.4 is 10.6 Å². The molecule has 2 atom stereocenters. The number of halogens is 1. The van der Waals surface area contributed by atoms with Gasteiger partial charge in [0, 0.05) is 30.6 Å². The number of aromatic nitrogens is 3. The van der Waals surface area contributed by atoms with Crippen molar-refractivity contribution in [2.45, 2.75) is 25.9 Å². The highest BCUT2D eigenvalue weighted by Crippen LogP contribution is 2.18. The SMILES string of the molecule is CCCc1c(C(=O)NCC2CNCC2O)nnn1-c1cccc(Cl)c1. The van der Waals surface area contributed by atoms with E-state index >= 15 is 0 Å². The molecular weight excluding hydrogens is 342 g/mol. The number of hydrogen-bond acceptors (Lipinski definition) is 5. The molecule has 3 rings (SSSR count). The van der Waals surface area contributed by atoms with E-state index in [9.17, 15) is 9.90 Å². The Morgan fingerprint density at radius 2 is 2.32 bits per heavy atom. The largest absolute Gasteiger partial charge is 0.391 e. The molecule has 0 bridgehead atoms. The molecule has 1 aromatic carbocycles. The maximum Gasteiger partial charge on any atom is 0.273 e. The number of nitrogens with zero attached hydrogens (tertiary/aromatic N) is 3. The van der Waals surface area contributed by atoms with Crippen LogP contribution in [0.3, 0.4) is 0 Å². The van der Waals surface area contributed by atoms with Gasteiger partial charge >= 0.3 is 0 Å². The molecule has 1 aliphatic heterocycles. The molecular formula is C17H22ClN5O2. The lowest BCUT2D eigenvalue weighted by Crippen LogP contribution is -2.35. The predicted molar refractivity (Wildman–Crippen MR) is 95.1 cm³/mol. The molecule has 8 heteroatoms. The number of carbonyl (C=O) groups is 1. The highest BCUT2D eigenvalue weighted by atomic mass is 35.5. The van der Waals surface area contributed by atoms with Crippen molar-refractivity contribution in [1.82, 2.24) is 25.6 Å². The van der Waals surface area contributed by atoms with Gasteiger partial charge in [-0.1, -0.05) is 36.2 Å². The van der Waals surface area contributed by atoms with Crippen LogP contribution in [0.5, 0.6) is 0 Å². The van der Waals surface area contributed by atoms with Gasteiger partial charge in [0.25, 0.3) is 5.91 Å². The van der Waals surface area contributed by atoms with E-state index in [0.717, 1.165) is 17.8 Å². The Balaban J connectivity index is 1.80. The van der Waals surface area contributed by atoms with Gasteiger partial charge in [0.15, 0.2) is 5.69 Å². The Morgan fingerprint density at radius 3 is 3.00 bits per heavy atom. The number of rotatable bonds is 6. The molecule has 3 N–H and O–H groups in total. The van der Waals surface area contributed by atoms with Crippen LogP contribution in [-0.4, -0.2) is 51.7 Å². The lowest BCUT2D eigenvalue weighted by molar-refractivity contribution is 0.0921. The van der Waals surface area contributed by atoms with Crippen LogP contribution in [0.4, 0.5) is 0 Å². The first-order valence-electron chi connectivity index (χ1n) is 8.47. The summed E-state index contributed by atoms with van der Waals surface area (Å²) in [6, 6.07) is 7.29. The summed E-state index contributed by atoms with van der Waals surface area (Å²) in [6.45, 7) is 3.70. The van der Waals surface area contributed by atoms with E-state index in [1.807, 2.05) is 19.1 Å². The molecule has 2 heterocycles. The van der Waals surface area contributed by atoms with Crippen LogP contribution in [0, 0.1) is 5.92 Å². The van der Waals surface area contributed by atoms with Crippen molar-refractivity contribution in [1.29, 1.82) is 0 Å². The van der Waals surface area contributed by atoms with Gasteiger partial charge in [-0.2, -0.15) is 0 Å². The summed E-state index contributed by atoms with van der Waals surface area (Å²) in [5.41, 5.74) is 1.85. The number of carbonyl (C=O) groups excluding carboxylic acids is 1. The molecule has 0 radical (unpaired) electrons. The molecule has 25 heavy (non-hydrogen) atoms. The van der Waals surface area contributed by atoms with E-state index in [4.69, 9.17) is 11.6 Å². The molecule has 1 aromatic heterocycles. The third kappa shape index (κ3) is 4.00. The topological polar surface area (TPSA) is 92.1 Å². The molecule has 1 amide bonds. The first kappa shape index (κ1) is 17.8. The van der Waals surface area contributed by atoms with Gasteiger partial charge in [-0.25, -0.2) is 4.68 Å². The summed E-state index contributed by atoms with van der Waals surface area (Å²) in [5, 5.41) is 24.6. The maximum atomic E-state index is 12.6. The number of aliphatic hydroxyl groups is 1. The Hall–Kier alpha value is -1.96. The van der Waals surface area contributed by atoms with Crippen LogP contribution in [0.2, 0.25) is 5.02 Å². The molecule has 1 saturated heterocycles. The molecule has 0 spiro atoms. The van der Waals surface area contributed by atoms with Crippen molar-refractivity contribution in [3.8, 4) is 5.69 Å². The highest BCUT2D eigenvalue weighted by molar-refractivity contribution is 6.30. The van der Waals surface area contributed by atoms with Gasteiger partial charge in [-0.3, -0.25) is 4.79 Å². The maximum absolute atomic E-state index is 12.6. The fraction of sp³-hybridized carbons (Fsp3) is 0.471. The van der Waals surface area contributed by atoms with Crippen molar-refractivity contribution < 1.29 is 9.90 Å². The minimum atomic E-state index is -0.433. The Morgan fingerprint density at radius 1 is 1.48 bits per heavy atom. The monoisotopic (exact) mass is 363 g/mol. The predicted octanol–water partition coefficient (Wildman–Crippen LogP) is 1.18. The van der Waals surface area contributed by atoms with E-state index in [1.54, 1.807) is 16.8 Å². The summed E-state index contributed by atoms with van der Waals surface area (Å²) in [7, 11) is 0. The van der Waals surface area contributed by atoms with Crippen LogP contribution in [0.1, 0.15) is 29.5 Å². The minimum absolute atomic E-state index is 0.0153. The lowest BCUT2D eigenvalue weighted by Gasteiger charge is -2.14. The molecule has 1 aliphatic rings. The second-order valence-electron chi connectivity index (χ2n) is 6.22. The van der Waals surface area contributed by atoms with E-state index in [0.29, 0.717) is 36.8 Å². The molecule has 0 aliphatic carbocycles. The summed E-state index contributed by atoms with van der Waals surface area (Å²) < 4.78 is 1.66. The number of β-amino-alcohol motifs (C(OH)–C–C–N with tert-alkyl or cyclic N) is 1. The Kier molecular flexibility index (Phi) is 5.67. The van der Waals surface area contributed by atoms with Gasteiger partial charge in [-0.15, -0.1) is 5.10 Å². The van der Waals surface area contributed by atoms with Crippen LogP contribution >= 0.6 is 11.6 Å². The summed E-state index contributed by atoms with van der Waals surface area (Å²) in [4.78, 5) is 12.6. The van der Waals surface area contributed by atoms with Gasteiger partial charge in [-0.05, 0) is 24.6 Å². The van der Waals surface area contributed by atoms with Crippen molar-refractivity contribution >= 4 is 17.5 Å². The standard InChI is InChI=1S/C17H22ClN5O2/c1-2-4-14-16(17(25)20-9-11-8-19-10-15(11)24)21-22-23(14)13-6-3-5-12(18)7-13/h3,5-7,11,15,19,24H,2,4,8-10H2,1H3,(H,20,25). The zero-order valence-electron chi connectivity index (χ0n) is 14.1. The number of nitrogens with one attached hydrogen (secondary N) is 2. The fourth-order valence-electron chi connectivity index (χ4n) is 2.99. The Labute approximate surface area is 151 Å². The molecule has 1 fully saturated rings. The summed E-state index contributed by atoms with van der Waals surface area (Å²) >= 11 is 6.06. The first-order chi connectivity index (χ1) is 12.1. The molecule has 7 nitrogen and oxygen atoms in total. The average molecular weight is 364 g/mol. The second kappa shape index (κ2) is 7.95. The summed E-state index contributed by atoms with van der Waals surface area (Å²) in [5.74, 6) is -0.252. The number of aliphatic hydroxyl groups excluding tert-OH is 1. The molecule has 2 unspecified atom stereocenters. The van der Waals surface area contributed by atoms with Crippen molar-refractivity contribution in [2.75, 3.05) is 19.6 Å². The normalized spacial score (nSPS) is 20.0. The zero-order chi connectivity index (χ0) is 17.8. The molecule has 0 saturated carbocycles. The number of hydrogen-bond donors (Lipinski definition) is 3. The van der Waals surface area contributed by atoms with E-state index in [2.05, 4.69) is 20.9 Å². The smallest absolute Gasteiger partial charge is 0.273 e. The second-order valence-corrected chi connectivity index (χ2v) is 6.66. The van der Waals surface area contributed by atoms with Crippen LogP contribution in [-0.2, 0) is 6.42 Å². The van der Waals surface area contributed by atoms with Crippen LogP contribution in [0.15, 0.2) is 24.3 Å². The fourth-order valence-corrected chi connectivity index (χ4v) is 3.17.